The van der Waals surface area contributed by atoms with E-state index >= 15 is 0 Å². The summed E-state index contributed by atoms with van der Waals surface area (Å²) in [7, 11) is 3.20. The molecule has 26 heavy (non-hydrogen) atoms. The van der Waals surface area contributed by atoms with Gasteiger partial charge in [-0.25, -0.2) is 4.68 Å². The fourth-order valence-electron chi connectivity index (χ4n) is 3.03. The van der Waals surface area contributed by atoms with Gasteiger partial charge in [-0.2, -0.15) is 5.10 Å². The van der Waals surface area contributed by atoms with Gasteiger partial charge in [-0.15, -0.1) is 0 Å². The molecule has 2 aromatic rings. The van der Waals surface area contributed by atoms with Crippen molar-refractivity contribution in [2.45, 2.75) is 25.4 Å². The zero-order valence-electron chi connectivity index (χ0n) is 15.1. The van der Waals surface area contributed by atoms with Crippen molar-refractivity contribution in [2.24, 2.45) is 7.05 Å². The van der Waals surface area contributed by atoms with Gasteiger partial charge in [0.25, 0.3) is 5.56 Å². The summed E-state index contributed by atoms with van der Waals surface area (Å²) >= 11 is 0. The summed E-state index contributed by atoms with van der Waals surface area (Å²) in [6.45, 7) is 1.29. The van der Waals surface area contributed by atoms with Crippen LogP contribution in [0.2, 0.25) is 0 Å². The summed E-state index contributed by atoms with van der Waals surface area (Å²) in [5, 5.41) is 4.12. The van der Waals surface area contributed by atoms with Crippen molar-refractivity contribution in [3.8, 4) is 11.5 Å². The van der Waals surface area contributed by atoms with Gasteiger partial charge in [0.15, 0.2) is 11.5 Å². The Hall–Kier alpha value is -2.83. The van der Waals surface area contributed by atoms with Crippen LogP contribution in [0.3, 0.4) is 0 Å². The van der Waals surface area contributed by atoms with Crippen molar-refractivity contribution in [2.75, 3.05) is 20.2 Å². The van der Waals surface area contributed by atoms with Crippen molar-refractivity contribution in [3.63, 3.8) is 0 Å². The second-order valence-electron chi connectivity index (χ2n) is 6.31. The molecule has 0 radical (unpaired) electrons. The molecule has 2 heterocycles. The molecule has 1 amide bonds. The molecular formula is C19H23N3O4. The number of nitrogens with zero attached hydrogens (tertiary/aromatic N) is 3. The average molecular weight is 357 g/mol. The predicted octanol–water partition coefficient (Wildman–Crippen LogP) is 1.40. The molecule has 0 unspecified atom stereocenters. The van der Waals surface area contributed by atoms with E-state index in [2.05, 4.69) is 5.10 Å². The lowest BCUT2D eigenvalue weighted by Gasteiger charge is -2.32. The van der Waals surface area contributed by atoms with Crippen LogP contribution < -0.4 is 15.0 Å². The van der Waals surface area contributed by atoms with Gasteiger partial charge in [0.2, 0.25) is 5.91 Å². The number of rotatable bonds is 5. The Labute approximate surface area is 152 Å². The number of para-hydroxylation sites is 2. The van der Waals surface area contributed by atoms with Gasteiger partial charge in [0, 0.05) is 39.0 Å². The first-order valence-corrected chi connectivity index (χ1v) is 8.67. The summed E-state index contributed by atoms with van der Waals surface area (Å²) in [6.07, 6.45) is 1.80. The lowest BCUT2D eigenvalue weighted by atomic mass is 10.1. The van der Waals surface area contributed by atoms with E-state index in [-0.39, 0.29) is 24.0 Å². The van der Waals surface area contributed by atoms with E-state index in [1.165, 1.54) is 10.7 Å². The van der Waals surface area contributed by atoms with Crippen LogP contribution in [0.4, 0.5) is 0 Å². The van der Waals surface area contributed by atoms with Crippen LogP contribution in [0, 0.1) is 0 Å². The lowest BCUT2D eigenvalue weighted by Crippen LogP contribution is -2.42. The van der Waals surface area contributed by atoms with Crippen LogP contribution in [0.1, 0.15) is 18.5 Å². The molecule has 0 N–H and O–H groups in total. The summed E-state index contributed by atoms with van der Waals surface area (Å²) in [5.41, 5.74) is 0.417. The van der Waals surface area contributed by atoms with Gasteiger partial charge in [-0.05, 0) is 18.2 Å². The smallest absolute Gasteiger partial charge is 0.266 e. The van der Waals surface area contributed by atoms with Crippen LogP contribution >= 0.6 is 0 Å². The molecule has 138 valence electrons. The van der Waals surface area contributed by atoms with E-state index in [9.17, 15) is 9.59 Å². The molecule has 0 bridgehead atoms. The van der Waals surface area contributed by atoms with Gasteiger partial charge < -0.3 is 14.4 Å². The minimum absolute atomic E-state index is 0.0203. The number of carbonyl (C=O) groups excluding carboxylic acids is 1. The van der Waals surface area contributed by atoms with Gasteiger partial charge in [-0.1, -0.05) is 12.1 Å². The third-order valence-electron chi connectivity index (χ3n) is 4.51. The summed E-state index contributed by atoms with van der Waals surface area (Å²) in [5.74, 6) is 1.47. The fraction of sp³-hybridized carbons (Fsp3) is 0.421. The van der Waals surface area contributed by atoms with E-state index in [0.717, 1.165) is 18.6 Å². The highest BCUT2D eigenvalue weighted by atomic mass is 16.5. The highest BCUT2D eigenvalue weighted by Crippen LogP contribution is 2.29. The Bertz CT molecular complexity index is 826. The predicted molar refractivity (Wildman–Crippen MR) is 96.4 cm³/mol. The second-order valence-corrected chi connectivity index (χ2v) is 6.31. The largest absolute Gasteiger partial charge is 0.493 e. The quantitative estimate of drug-likeness (QED) is 0.809. The lowest BCUT2D eigenvalue weighted by molar-refractivity contribution is -0.132. The number of aryl methyl sites for hydroxylation is 1. The molecule has 1 fully saturated rings. The van der Waals surface area contributed by atoms with Gasteiger partial charge in [-0.3, -0.25) is 9.59 Å². The third kappa shape index (κ3) is 4.22. The van der Waals surface area contributed by atoms with Crippen LogP contribution in [0.5, 0.6) is 11.5 Å². The van der Waals surface area contributed by atoms with Crippen molar-refractivity contribution >= 4 is 5.91 Å². The maximum Gasteiger partial charge on any atom is 0.266 e. The highest BCUT2D eigenvalue weighted by molar-refractivity contribution is 5.78. The van der Waals surface area contributed by atoms with Crippen LogP contribution in [-0.2, 0) is 18.3 Å². The SMILES string of the molecule is COc1ccccc1OC1CCN(C(=O)Cc2ccc(=O)n(C)n2)CC1. The minimum atomic E-state index is -0.185. The molecule has 7 nitrogen and oxygen atoms in total. The van der Waals surface area contributed by atoms with Crippen molar-refractivity contribution in [1.29, 1.82) is 0 Å². The Morgan fingerprint density at radius 1 is 1.15 bits per heavy atom. The van der Waals surface area contributed by atoms with Crippen molar-refractivity contribution in [3.05, 3.63) is 52.4 Å². The molecule has 0 aliphatic carbocycles. The summed E-state index contributed by atoms with van der Waals surface area (Å²) in [4.78, 5) is 25.7. The first-order valence-electron chi connectivity index (χ1n) is 8.67. The van der Waals surface area contributed by atoms with E-state index in [4.69, 9.17) is 9.47 Å². The molecule has 1 aliphatic heterocycles. The number of hydrogen-bond acceptors (Lipinski definition) is 5. The average Bonchev–Trinajstić information content (AvgIpc) is 2.66. The second kappa shape index (κ2) is 8.03. The number of benzene rings is 1. The molecule has 1 saturated heterocycles. The van der Waals surface area contributed by atoms with Gasteiger partial charge in [0.1, 0.15) is 6.10 Å². The van der Waals surface area contributed by atoms with Crippen LogP contribution in [-0.4, -0.2) is 46.9 Å². The number of methoxy groups -OCH3 is 1. The molecule has 0 spiro atoms. The Morgan fingerprint density at radius 2 is 1.85 bits per heavy atom. The monoisotopic (exact) mass is 357 g/mol. The molecule has 0 saturated carbocycles. The molecule has 1 aliphatic rings. The van der Waals surface area contributed by atoms with E-state index in [1.807, 2.05) is 29.2 Å². The number of hydrogen-bond donors (Lipinski definition) is 0. The fourth-order valence-corrected chi connectivity index (χ4v) is 3.03. The Kier molecular flexibility index (Phi) is 5.55. The Balaban J connectivity index is 1.53. The Morgan fingerprint density at radius 3 is 2.50 bits per heavy atom. The van der Waals surface area contributed by atoms with Crippen LogP contribution in [0.15, 0.2) is 41.2 Å². The number of carbonyl (C=O) groups is 1. The minimum Gasteiger partial charge on any atom is -0.493 e. The maximum atomic E-state index is 12.5. The van der Waals surface area contributed by atoms with Crippen LogP contribution in [0.25, 0.3) is 0 Å². The molecule has 3 rings (SSSR count). The highest BCUT2D eigenvalue weighted by Gasteiger charge is 2.25. The van der Waals surface area contributed by atoms with Crippen molar-refractivity contribution in [1.82, 2.24) is 14.7 Å². The third-order valence-corrected chi connectivity index (χ3v) is 4.51. The zero-order chi connectivity index (χ0) is 18.5. The molecule has 1 aromatic heterocycles. The first-order chi connectivity index (χ1) is 12.6. The van der Waals surface area contributed by atoms with E-state index in [1.54, 1.807) is 20.2 Å². The topological polar surface area (TPSA) is 73.7 Å². The molecule has 1 aromatic carbocycles. The number of ether oxygens (including phenoxy) is 2. The first kappa shape index (κ1) is 18.0. The number of amides is 1. The van der Waals surface area contributed by atoms with Gasteiger partial charge >= 0.3 is 0 Å². The van der Waals surface area contributed by atoms with E-state index < -0.39 is 0 Å². The molecule has 0 atom stereocenters. The normalized spacial score (nSPS) is 14.9. The summed E-state index contributed by atoms with van der Waals surface area (Å²) < 4.78 is 12.6. The maximum absolute atomic E-state index is 12.5. The number of aromatic nitrogens is 2. The van der Waals surface area contributed by atoms with Crippen molar-refractivity contribution < 1.29 is 14.3 Å². The zero-order valence-corrected chi connectivity index (χ0v) is 15.1. The van der Waals surface area contributed by atoms with Gasteiger partial charge in [0.05, 0.1) is 19.2 Å². The van der Waals surface area contributed by atoms with E-state index in [0.29, 0.717) is 24.5 Å². The standard InChI is InChI=1S/C19H23N3O4/c1-21-18(23)8-7-14(20-21)13-19(24)22-11-9-15(10-12-22)26-17-6-4-3-5-16(17)25-2/h3-8,15H,9-13H2,1-2H3. The molecular weight excluding hydrogens is 334 g/mol. The number of piperidine rings is 1. The summed E-state index contributed by atoms with van der Waals surface area (Å²) in [6, 6.07) is 10.6. The molecule has 7 heteroatoms. The number of likely N-dealkylation sites (tertiary alicyclic amines) is 1.